The first-order valence-electron chi connectivity index (χ1n) is 8.31. The highest BCUT2D eigenvalue weighted by Crippen LogP contribution is 2.32. The molecule has 2 aromatic rings. The smallest absolute Gasteiger partial charge is 0.326 e. The van der Waals surface area contributed by atoms with Crippen molar-refractivity contribution in [1.82, 2.24) is 4.31 Å². The van der Waals surface area contributed by atoms with Crippen molar-refractivity contribution in [2.75, 3.05) is 18.4 Å². The van der Waals surface area contributed by atoms with Gasteiger partial charge in [0.05, 0.1) is 9.35 Å². The van der Waals surface area contributed by atoms with Gasteiger partial charge in [-0.15, -0.1) is 11.3 Å². The lowest BCUT2D eigenvalue weighted by molar-refractivity contribution is -0.137. The molecule has 1 saturated heterocycles. The topological polar surface area (TPSA) is 66.5 Å². The highest BCUT2D eigenvalue weighted by atomic mass is 79.9. The van der Waals surface area contributed by atoms with Crippen LogP contribution >= 0.6 is 27.3 Å². The zero-order valence-electron chi connectivity index (χ0n) is 14.4. The summed E-state index contributed by atoms with van der Waals surface area (Å²) >= 11 is 4.35. The SMILES string of the molecule is O=C(Nc1cccc(C(F)(F)F)c1)C1CCN(S(=O)(=O)c2ccc(Br)s2)CC1. The predicted molar refractivity (Wildman–Crippen MR) is 104 cm³/mol. The average Bonchev–Trinajstić information content (AvgIpc) is 3.08. The number of hydrogen-bond acceptors (Lipinski definition) is 4. The first-order valence-corrected chi connectivity index (χ1v) is 11.4. The van der Waals surface area contributed by atoms with Crippen molar-refractivity contribution < 1.29 is 26.4 Å². The van der Waals surface area contributed by atoms with Crippen LogP contribution in [0.5, 0.6) is 0 Å². The first-order chi connectivity index (χ1) is 13.1. The molecule has 0 bridgehead atoms. The Morgan fingerprint density at radius 2 is 1.86 bits per heavy atom. The number of benzene rings is 1. The molecule has 0 radical (unpaired) electrons. The van der Waals surface area contributed by atoms with Crippen molar-refractivity contribution in [3.05, 3.63) is 45.7 Å². The minimum Gasteiger partial charge on any atom is -0.326 e. The Bertz CT molecular complexity index is 968. The van der Waals surface area contributed by atoms with Gasteiger partial charge < -0.3 is 5.32 Å². The number of nitrogens with one attached hydrogen (secondary N) is 1. The monoisotopic (exact) mass is 496 g/mol. The number of nitrogens with zero attached hydrogens (tertiary/aromatic N) is 1. The van der Waals surface area contributed by atoms with Crippen molar-refractivity contribution in [2.24, 2.45) is 5.92 Å². The number of hydrogen-bond donors (Lipinski definition) is 1. The third kappa shape index (κ3) is 4.76. The average molecular weight is 497 g/mol. The fourth-order valence-electron chi connectivity index (χ4n) is 2.94. The van der Waals surface area contributed by atoms with E-state index in [9.17, 15) is 26.4 Å². The highest BCUT2D eigenvalue weighted by Gasteiger charge is 2.33. The van der Waals surface area contributed by atoms with E-state index in [4.69, 9.17) is 0 Å². The molecule has 0 aliphatic carbocycles. The van der Waals surface area contributed by atoms with Gasteiger partial charge in [-0.3, -0.25) is 4.79 Å². The maximum Gasteiger partial charge on any atom is 0.416 e. The number of amides is 1. The summed E-state index contributed by atoms with van der Waals surface area (Å²) in [5.74, 6) is -0.869. The quantitative estimate of drug-likeness (QED) is 0.674. The molecule has 0 atom stereocenters. The molecule has 152 valence electrons. The van der Waals surface area contributed by atoms with Crippen LogP contribution < -0.4 is 5.32 Å². The molecule has 1 aromatic heterocycles. The van der Waals surface area contributed by atoms with E-state index in [0.717, 1.165) is 23.5 Å². The Labute approximate surface area is 172 Å². The molecule has 2 heterocycles. The van der Waals surface area contributed by atoms with Crippen molar-refractivity contribution in [1.29, 1.82) is 0 Å². The van der Waals surface area contributed by atoms with Gasteiger partial charge in [0.25, 0.3) is 10.0 Å². The minimum absolute atomic E-state index is 0.0679. The molecule has 28 heavy (non-hydrogen) atoms. The molecule has 1 fully saturated rings. The second kappa shape index (κ2) is 8.13. The van der Waals surface area contributed by atoms with Gasteiger partial charge >= 0.3 is 6.18 Å². The van der Waals surface area contributed by atoms with Crippen LogP contribution in [-0.2, 0) is 21.0 Å². The van der Waals surface area contributed by atoms with E-state index in [2.05, 4.69) is 21.2 Å². The van der Waals surface area contributed by atoms with Gasteiger partial charge in [0.1, 0.15) is 4.21 Å². The van der Waals surface area contributed by atoms with E-state index in [1.54, 1.807) is 6.07 Å². The Morgan fingerprint density at radius 3 is 2.43 bits per heavy atom. The van der Waals surface area contributed by atoms with Gasteiger partial charge in [0.2, 0.25) is 5.91 Å². The first kappa shape index (κ1) is 21.3. The van der Waals surface area contributed by atoms with E-state index < -0.39 is 33.6 Å². The third-order valence-corrected chi connectivity index (χ3v) is 8.41. The van der Waals surface area contributed by atoms with Crippen molar-refractivity contribution >= 4 is 48.9 Å². The number of rotatable bonds is 4. The molecule has 1 N–H and O–H groups in total. The molecule has 5 nitrogen and oxygen atoms in total. The molecule has 11 heteroatoms. The van der Waals surface area contributed by atoms with Crippen LogP contribution in [0.3, 0.4) is 0 Å². The molecule has 1 amide bonds. The van der Waals surface area contributed by atoms with Crippen molar-refractivity contribution in [3.8, 4) is 0 Å². The Kier molecular flexibility index (Phi) is 6.18. The zero-order chi connectivity index (χ0) is 20.5. The third-order valence-electron chi connectivity index (χ3n) is 4.42. The number of alkyl halides is 3. The summed E-state index contributed by atoms with van der Waals surface area (Å²) in [7, 11) is -3.61. The summed E-state index contributed by atoms with van der Waals surface area (Å²) in [5.41, 5.74) is -0.772. The molecule has 0 unspecified atom stereocenters. The summed E-state index contributed by atoms with van der Waals surface area (Å²) in [6.07, 6.45) is -3.88. The number of anilines is 1. The Morgan fingerprint density at radius 1 is 1.18 bits per heavy atom. The molecule has 1 aromatic carbocycles. The highest BCUT2D eigenvalue weighted by molar-refractivity contribution is 9.11. The van der Waals surface area contributed by atoms with Gasteiger partial charge in [0, 0.05) is 24.7 Å². The summed E-state index contributed by atoms with van der Waals surface area (Å²) in [6.45, 7) is 0.358. The van der Waals surface area contributed by atoms with E-state index in [0.29, 0.717) is 16.6 Å². The maximum absolute atomic E-state index is 12.8. The van der Waals surface area contributed by atoms with Crippen LogP contribution in [0, 0.1) is 5.92 Å². The van der Waals surface area contributed by atoms with Gasteiger partial charge in [-0.2, -0.15) is 17.5 Å². The lowest BCUT2D eigenvalue weighted by Gasteiger charge is -2.30. The van der Waals surface area contributed by atoms with Crippen LogP contribution in [0.2, 0.25) is 0 Å². The fourth-order valence-corrected chi connectivity index (χ4v) is 6.57. The minimum atomic E-state index is -4.49. The molecule has 3 rings (SSSR count). The van der Waals surface area contributed by atoms with Crippen LogP contribution in [0.4, 0.5) is 18.9 Å². The van der Waals surface area contributed by atoms with Crippen LogP contribution in [0.25, 0.3) is 0 Å². The van der Waals surface area contributed by atoms with Crippen molar-refractivity contribution in [2.45, 2.75) is 23.2 Å². The molecular formula is C17H16BrF3N2O3S2. The largest absolute Gasteiger partial charge is 0.416 e. The van der Waals surface area contributed by atoms with Crippen LogP contribution in [0.1, 0.15) is 18.4 Å². The Hall–Kier alpha value is -1.43. The van der Waals surface area contributed by atoms with Crippen molar-refractivity contribution in [3.63, 3.8) is 0 Å². The van der Waals surface area contributed by atoms with Crippen LogP contribution in [-0.4, -0.2) is 31.7 Å². The van der Waals surface area contributed by atoms with Crippen LogP contribution in [0.15, 0.2) is 44.4 Å². The number of piperidine rings is 1. The van der Waals surface area contributed by atoms with Gasteiger partial charge in [-0.25, -0.2) is 8.42 Å². The molecular weight excluding hydrogens is 481 g/mol. The summed E-state index contributed by atoms with van der Waals surface area (Å²) in [5, 5.41) is 2.50. The number of thiophene rings is 1. The standard InChI is InChI=1S/C17H16BrF3N2O3S2/c18-14-4-5-15(27-14)28(25,26)23-8-6-11(7-9-23)16(24)22-13-3-1-2-12(10-13)17(19,20)21/h1-5,10-11H,6-9H2,(H,22,24). The lowest BCUT2D eigenvalue weighted by atomic mass is 9.97. The normalized spacial score (nSPS) is 16.9. The predicted octanol–water partition coefficient (Wildman–Crippen LogP) is 4.57. The van der Waals surface area contributed by atoms with Gasteiger partial charge in [-0.1, -0.05) is 6.07 Å². The summed E-state index contributed by atoms with van der Waals surface area (Å²) in [4.78, 5) is 12.4. The summed E-state index contributed by atoms with van der Waals surface area (Å²) in [6, 6.07) is 7.62. The maximum atomic E-state index is 12.8. The van der Waals surface area contributed by atoms with E-state index in [-0.39, 0.29) is 23.0 Å². The second-order valence-electron chi connectivity index (χ2n) is 6.30. The van der Waals surface area contributed by atoms with Gasteiger partial charge in [-0.05, 0) is 59.1 Å². The number of sulfonamides is 1. The lowest BCUT2D eigenvalue weighted by Crippen LogP contribution is -2.41. The molecule has 1 aliphatic rings. The number of carbonyl (C=O) groups excluding carboxylic acids is 1. The molecule has 1 aliphatic heterocycles. The zero-order valence-corrected chi connectivity index (χ0v) is 17.6. The molecule has 0 saturated carbocycles. The second-order valence-corrected chi connectivity index (χ2v) is 10.9. The van der Waals surface area contributed by atoms with E-state index >= 15 is 0 Å². The molecule has 0 spiro atoms. The van der Waals surface area contributed by atoms with E-state index in [1.165, 1.54) is 22.5 Å². The summed E-state index contributed by atoms with van der Waals surface area (Å²) < 4.78 is 65.8. The van der Waals surface area contributed by atoms with Gasteiger partial charge in [0.15, 0.2) is 0 Å². The Balaban J connectivity index is 1.61. The fraction of sp³-hybridized carbons (Fsp3) is 0.353. The number of halogens is 4. The van der Waals surface area contributed by atoms with E-state index in [1.807, 2.05) is 0 Å². The number of carbonyl (C=O) groups is 1.